The Labute approximate surface area is 151 Å². The number of aryl methyl sites for hydroxylation is 2. The number of ether oxygens (including phenoxy) is 1. The number of aromatic nitrogens is 1. The number of hydrogen-bond donors (Lipinski definition) is 0. The lowest BCUT2D eigenvalue weighted by Crippen LogP contribution is -2.44. The normalized spacial score (nSPS) is 16.1. The van der Waals surface area contributed by atoms with E-state index < -0.39 is 0 Å². The first-order chi connectivity index (χ1) is 12.1. The zero-order valence-electron chi connectivity index (χ0n) is 15.6. The highest BCUT2D eigenvalue weighted by Crippen LogP contribution is 2.29. The van der Waals surface area contributed by atoms with E-state index >= 15 is 0 Å². The highest BCUT2D eigenvalue weighted by atomic mass is 16.5. The molecular formula is C21H28N3O. The van der Waals surface area contributed by atoms with Crippen LogP contribution in [0, 0.1) is 20.0 Å². The molecule has 1 fully saturated rings. The van der Waals surface area contributed by atoms with E-state index in [0.29, 0.717) is 0 Å². The standard InChI is InChI=1S/C21H28N3O/c1-17-15-19(16-18(2)21(17)20-7-4-5-8-22-20)25-14-6-9-24-12-10-23(3)11-13-24/h4-5,7,15-16H,6,9-14H2,1-3H3. The van der Waals surface area contributed by atoms with Crippen LogP contribution < -0.4 is 4.74 Å². The monoisotopic (exact) mass is 338 g/mol. The maximum atomic E-state index is 6.01. The number of rotatable bonds is 6. The molecule has 1 aromatic heterocycles. The van der Waals surface area contributed by atoms with Gasteiger partial charge in [-0.05, 0) is 62.7 Å². The fourth-order valence-corrected chi connectivity index (χ4v) is 3.43. The molecular weight excluding hydrogens is 310 g/mol. The Kier molecular flexibility index (Phi) is 6.05. The third-order valence-corrected chi connectivity index (χ3v) is 4.86. The Bertz CT molecular complexity index is 656. The van der Waals surface area contributed by atoms with Crippen molar-refractivity contribution in [2.24, 2.45) is 0 Å². The third-order valence-electron chi connectivity index (χ3n) is 4.86. The van der Waals surface area contributed by atoms with Crippen LogP contribution in [0.25, 0.3) is 11.3 Å². The highest BCUT2D eigenvalue weighted by molar-refractivity contribution is 5.68. The molecule has 3 rings (SSSR count). The van der Waals surface area contributed by atoms with Crippen LogP contribution in [-0.4, -0.2) is 61.2 Å². The second-order valence-electron chi connectivity index (χ2n) is 6.93. The Balaban J connectivity index is 1.53. The van der Waals surface area contributed by atoms with Crippen LogP contribution >= 0.6 is 0 Å². The molecule has 25 heavy (non-hydrogen) atoms. The van der Waals surface area contributed by atoms with Crippen molar-refractivity contribution in [3.05, 3.63) is 47.7 Å². The molecule has 0 amide bonds. The van der Waals surface area contributed by atoms with Crippen molar-refractivity contribution in [2.45, 2.75) is 20.3 Å². The number of likely N-dealkylation sites (N-methyl/N-ethyl adjacent to an activating group) is 1. The summed E-state index contributed by atoms with van der Waals surface area (Å²) in [5.41, 5.74) is 4.54. The second-order valence-corrected chi connectivity index (χ2v) is 6.93. The second kappa shape index (κ2) is 8.45. The van der Waals surface area contributed by atoms with E-state index in [1.807, 2.05) is 18.2 Å². The van der Waals surface area contributed by atoms with Crippen LogP contribution in [-0.2, 0) is 0 Å². The summed E-state index contributed by atoms with van der Waals surface area (Å²) in [6.07, 6.45) is 3.98. The molecule has 0 bridgehead atoms. The van der Waals surface area contributed by atoms with Gasteiger partial charge in [0.1, 0.15) is 5.75 Å². The van der Waals surface area contributed by atoms with Crippen molar-refractivity contribution in [3.63, 3.8) is 0 Å². The Morgan fingerprint density at radius 2 is 1.84 bits per heavy atom. The van der Waals surface area contributed by atoms with Gasteiger partial charge in [0.05, 0.1) is 18.5 Å². The Morgan fingerprint density at radius 1 is 1.12 bits per heavy atom. The molecule has 1 aromatic carbocycles. The molecule has 0 aliphatic carbocycles. The highest BCUT2D eigenvalue weighted by Gasteiger charge is 2.13. The van der Waals surface area contributed by atoms with E-state index in [-0.39, 0.29) is 0 Å². The van der Waals surface area contributed by atoms with Crippen molar-refractivity contribution in [3.8, 4) is 17.0 Å². The number of benzene rings is 1. The maximum Gasteiger partial charge on any atom is 0.119 e. The van der Waals surface area contributed by atoms with Gasteiger partial charge in [-0.25, -0.2) is 4.98 Å². The molecule has 2 heterocycles. The molecule has 2 aromatic rings. The van der Waals surface area contributed by atoms with Gasteiger partial charge in [0, 0.05) is 38.3 Å². The van der Waals surface area contributed by atoms with Crippen LogP contribution in [0.1, 0.15) is 17.5 Å². The minimum absolute atomic E-state index is 0.766. The minimum atomic E-state index is 0.766. The van der Waals surface area contributed by atoms with Gasteiger partial charge in [0.25, 0.3) is 0 Å². The zero-order chi connectivity index (χ0) is 17.6. The van der Waals surface area contributed by atoms with Crippen molar-refractivity contribution >= 4 is 0 Å². The number of piperazine rings is 1. The maximum absolute atomic E-state index is 6.01. The molecule has 0 unspecified atom stereocenters. The van der Waals surface area contributed by atoms with Crippen molar-refractivity contribution < 1.29 is 4.74 Å². The molecule has 0 saturated carbocycles. The average molecular weight is 338 g/mol. The zero-order valence-corrected chi connectivity index (χ0v) is 15.6. The fraction of sp³-hybridized carbons (Fsp3) is 0.476. The van der Waals surface area contributed by atoms with E-state index in [1.165, 1.54) is 42.9 Å². The van der Waals surface area contributed by atoms with Gasteiger partial charge in [-0.1, -0.05) is 6.07 Å². The van der Waals surface area contributed by atoms with E-state index in [2.05, 4.69) is 54.0 Å². The van der Waals surface area contributed by atoms with Crippen molar-refractivity contribution in [1.82, 2.24) is 14.8 Å². The summed E-state index contributed by atoms with van der Waals surface area (Å²) < 4.78 is 6.01. The first-order valence-corrected chi connectivity index (χ1v) is 9.12. The van der Waals surface area contributed by atoms with E-state index in [1.54, 1.807) is 0 Å². The van der Waals surface area contributed by atoms with Crippen LogP contribution in [0.15, 0.2) is 30.3 Å². The summed E-state index contributed by atoms with van der Waals surface area (Å²) in [6, 6.07) is 10.1. The number of pyridine rings is 1. The fourth-order valence-electron chi connectivity index (χ4n) is 3.43. The summed E-state index contributed by atoms with van der Waals surface area (Å²) in [6.45, 7) is 10.8. The molecule has 1 radical (unpaired) electrons. The lowest BCUT2D eigenvalue weighted by molar-refractivity contribution is 0.145. The molecule has 0 N–H and O–H groups in total. The summed E-state index contributed by atoms with van der Waals surface area (Å²) in [5.74, 6) is 0.956. The van der Waals surface area contributed by atoms with Crippen LogP contribution in [0.3, 0.4) is 0 Å². The first kappa shape index (κ1) is 17.9. The van der Waals surface area contributed by atoms with E-state index in [0.717, 1.165) is 31.0 Å². The smallest absolute Gasteiger partial charge is 0.119 e. The molecule has 0 spiro atoms. The molecule has 1 aliphatic heterocycles. The van der Waals surface area contributed by atoms with Crippen molar-refractivity contribution in [1.29, 1.82) is 0 Å². The van der Waals surface area contributed by atoms with Gasteiger partial charge < -0.3 is 14.5 Å². The summed E-state index contributed by atoms with van der Waals surface area (Å²) in [5, 5.41) is 0. The SMILES string of the molecule is Cc1cc(OCCCN2CCN(C)CC2)cc(C)c1-c1ccc[c]n1. The average Bonchev–Trinajstić information content (AvgIpc) is 2.61. The van der Waals surface area contributed by atoms with Gasteiger partial charge in [0.2, 0.25) is 0 Å². The predicted molar refractivity (Wildman–Crippen MR) is 102 cm³/mol. The molecule has 4 nitrogen and oxygen atoms in total. The number of nitrogens with zero attached hydrogens (tertiary/aromatic N) is 3. The van der Waals surface area contributed by atoms with Crippen LogP contribution in [0.2, 0.25) is 0 Å². The first-order valence-electron chi connectivity index (χ1n) is 9.12. The summed E-state index contributed by atoms with van der Waals surface area (Å²) in [4.78, 5) is 9.27. The lowest BCUT2D eigenvalue weighted by Gasteiger charge is -2.32. The van der Waals surface area contributed by atoms with Crippen molar-refractivity contribution in [2.75, 3.05) is 46.4 Å². The minimum Gasteiger partial charge on any atom is -0.494 e. The van der Waals surface area contributed by atoms with Gasteiger partial charge in [-0.3, -0.25) is 0 Å². The summed E-state index contributed by atoms with van der Waals surface area (Å²) >= 11 is 0. The number of hydrogen-bond acceptors (Lipinski definition) is 4. The van der Waals surface area contributed by atoms with Gasteiger partial charge in [-0.2, -0.15) is 0 Å². The topological polar surface area (TPSA) is 28.6 Å². The van der Waals surface area contributed by atoms with E-state index in [4.69, 9.17) is 4.74 Å². The van der Waals surface area contributed by atoms with Crippen LogP contribution in [0.5, 0.6) is 5.75 Å². The Hall–Kier alpha value is -1.91. The predicted octanol–water partition coefficient (Wildman–Crippen LogP) is 3.18. The van der Waals surface area contributed by atoms with Gasteiger partial charge in [-0.15, -0.1) is 0 Å². The third kappa shape index (κ3) is 4.80. The van der Waals surface area contributed by atoms with E-state index in [9.17, 15) is 0 Å². The molecule has 1 saturated heterocycles. The molecule has 4 heteroatoms. The van der Waals surface area contributed by atoms with Crippen LogP contribution in [0.4, 0.5) is 0 Å². The largest absolute Gasteiger partial charge is 0.494 e. The quantitative estimate of drug-likeness (QED) is 0.757. The summed E-state index contributed by atoms with van der Waals surface area (Å²) in [7, 11) is 2.19. The Morgan fingerprint density at radius 3 is 2.48 bits per heavy atom. The molecule has 0 atom stereocenters. The van der Waals surface area contributed by atoms with Gasteiger partial charge >= 0.3 is 0 Å². The molecule has 1 aliphatic rings. The lowest BCUT2D eigenvalue weighted by atomic mass is 9.99. The molecule has 133 valence electrons. The van der Waals surface area contributed by atoms with Gasteiger partial charge in [0.15, 0.2) is 0 Å².